The zero-order valence-corrected chi connectivity index (χ0v) is 20.7. The molecule has 0 aromatic heterocycles. The van der Waals surface area contributed by atoms with Crippen LogP contribution in [-0.4, -0.2) is 78.8 Å². The maximum absolute atomic E-state index is 14.1. The predicted molar refractivity (Wildman–Crippen MR) is 124 cm³/mol. The van der Waals surface area contributed by atoms with Crippen LogP contribution in [0.4, 0.5) is 29.3 Å². The maximum Gasteiger partial charge on any atom is 0.422 e. The second-order valence-corrected chi connectivity index (χ2v) is 10.1. The van der Waals surface area contributed by atoms with Gasteiger partial charge in [-0.15, -0.1) is 0 Å². The van der Waals surface area contributed by atoms with E-state index in [4.69, 9.17) is 9.47 Å². The number of anilines is 1. The lowest BCUT2D eigenvalue weighted by atomic mass is 10.1. The Bertz CT molecular complexity index is 946. The summed E-state index contributed by atoms with van der Waals surface area (Å²) in [6.45, 7) is 7.03. The normalized spacial score (nSPS) is 18.9. The minimum atomic E-state index is -4.82. The molecule has 12 heteroatoms. The molecule has 1 aromatic carbocycles. The summed E-state index contributed by atoms with van der Waals surface area (Å²) in [6.07, 6.45) is -3.54. The molecule has 1 saturated carbocycles. The standard InChI is InChI=1S/C23H33F3N4O5/c1-22(2,3)35-21(31)28(5)15-10-11-29(14-15)13-12-27(4)20-17(30(32)33)8-9-18(34-16-6-7-16)19(20)23(24,25)26/h8-9,15-16H,6-7,10-14H2,1-5H3/t15-/m1/s1. The Morgan fingerprint density at radius 3 is 2.40 bits per heavy atom. The van der Waals surface area contributed by atoms with Crippen LogP contribution < -0.4 is 9.64 Å². The number of likely N-dealkylation sites (tertiary alicyclic amines) is 1. The average molecular weight is 503 g/mol. The molecule has 1 amide bonds. The number of nitro benzene ring substituents is 1. The molecule has 3 rings (SSSR count). The van der Waals surface area contributed by atoms with Crippen molar-refractivity contribution in [2.45, 2.75) is 64.0 Å². The number of nitrogens with zero attached hydrogens (tertiary/aromatic N) is 4. The number of likely N-dealkylation sites (N-methyl/N-ethyl adjacent to an activating group) is 2. The Hall–Kier alpha value is -2.76. The van der Waals surface area contributed by atoms with Crippen LogP contribution >= 0.6 is 0 Å². The molecular weight excluding hydrogens is 469 g/mol. The van der Waals surface area contributed by atoms with Gasteiger partial charge in [0.15, 0.2) is 0 Å². The summed E-state index contributed by atoms with van der Waals surface area (Å²) >= 11 is 0. The van der Waals surface area contributed by atoms with E-state index >= 15 is 0 Å². The largest absolute Gasteiger partial charge is 0.490 e. The first-order valence-corrected chi connectivity index (χ1v) is 11.6. The number of nitro groups is 1. The van der Waals surface area contributed by atoms with Gasteiger partial charge in [0.2, 0.25) is 0 Å². The summed E-state index contributed by atoms with van der Waals surface area (Å²) in [6, 6.07) is 2.01. The number of carbonyl (C=O) groups is 1. The fourth-order valence-corrected chi connectivity index (χ4v) is 4.05. The number of rotatable bonds is 8. The summed E-state index contributed by atoms with van der Waals surface area (Å²) in [5.74, 6) is -0.382. The van der Waals surface area contributed by atoms with Crippen LogP contribution in [0.1, 0.15) is 45.6 Å². The first-order valence-electron chi connectivity index (χ1n) is 11.6. The van der Waals surface area contributed by atoms with Crippen molar-refractivity contribution in [2.24, 2.45) is 0 Å². The lowest BCUT2D eigenvalue weighted by molar-refractivity contribution is -0.384. The van der Waals surface area contributed by atoms with Gasteiger partial charge in [-0.25, -0.2) is 4.79 Å². The minimum Gasteiger partial charge on any atom is -0.490 e. The van der Waals surface area contributed by atoms with Crippen molar-refractivity contribution in [2.75, 3.05) is 45.2 Å². The van der Waals surface area contributed by atoms with Gasteiger partial charge in [-0.2, -0.15) is 13.2 Å². The van der Waals surface area contributed by atoms with E-state index in [1.54, 1.807) is 32.7 Å². The number of hydrogen-bond donors (Lipinski definition) is 0. The van der Waals surface area contributed by atoms with Crippen LogP contribution in [0, 0.1) is 10.1 Å². The van der Waals surface area contributed by atoms with E-state index in [2.05, 4.69) is 0 Å². The number of ether oxygens (including phenoxy) is 2. The third kappa shape index (κ3) is 6.89. The highest BCUT2D eigenvalue weighted by Gasteiger charge is 2.43. The molecule has 0 bridgehead atoms. The fourth-order valence-electron chi connectivity index (χ4n) is 4.05. The second kappa shape index (κ2) is 10.1. The smallest absolute Gasteiger partial charge is 0.422 e. The van der Waals surface area contributed by atoms with Crippen LogP contribution in [-0.2, 0) is 10.9 Å². The molecule has 1 atom stereocenters. The summed E-state index contributed by atoms with van der Waals surface area (Å²) in [5.41, 5.74) is -2.85. The average Bonchev–Trinajstić information content (AvgIpc) is 3.42. The summed E-state index contributed by atoms with van der Waals surface area (Å²) in [4.78, 5) is 28.0. The van der Waals surface area contributed by atoms with Crippen LogP contribution in [0.3, 0.4) is 0 Å². The van der Waals surface area contributed by atoms with Gasteiger partial charge in [0.25, 0.3) is 5.69 Å². The summed E-state index contributed by atoms with van der Waals surface area (Å²) < 4.78 is 53.1. The maximum atomic E-state index is 14.1. The van der Waals surface area contributed by atoms with Gasteiger partial charge in [0, 0.05) is 52.4 Å². The van der Waals surface area contributed by atoms with E-state index in [1.807, 2.05) is 4.90 Å². The van der Waals surface area contributed by atoms with Gasteiger partial charge in [0.05, 0.1) is 11.0 Å². The number of carbonyl (C=O) groups excluding carboxylic acids is 1. The van der Waals surface area contributed by atoms with Crippen molar-refractivity contribution < 1.29 is 32.4 Å². The second-order valence-electron chi connectivity index (χ2n) is 10.1. The van der Waals surface area contributed by atoms with E-state index in [0.717, 1.165) is 12.1 Å². The molecule has 2 fully saturated rings. The van der Waals surface area contributed by atoms with Crippen molar-refractivity contribution in [1.82, 2.24) is 9.80 Å². The van der Waals surface area contributed by atoms with E-state index in [0.29, 0.717) is 38.9 Å². The number of hydrogen-bond acceptors (Lipinski definition) is 7. The lowest BCUT2D eigenvalue weighted by Crippen LogP contribution is -2.42. The molecule has 2 aliphatic rings. The van der Waals surface area contributed by atoms with E-state index in [9.17, 15) is 28.1 Å². The Kier molecular flexibility index (Phi) is 7.73. The van der Waals surface area contributed by atoms with Crippen molar-refractivity contribution in [3.63, 3.8) is 0 Å². The van der Waals surface area contributed by atoms with Gasteiger partial charge < -0.3 is 19.3 Å². The molecule has 35 heavy (non-hydrogen) atoms. The number of halogens is 3. The molecule has 196 valence electrons. The van der Waals surface area contributed by atoms with Gasteiger partial charge >= 0.3 is 12.3 Å². The third-order valence-corrected chi connectivity index (χ3v) is 6.03. The first kappa shape index (κ1) is 26.8. The molecule has 9 nitrogen and oxygen atoms in total. The third-order valence-electron chi connectivity index (χ3n) is 6.03. The van der Waals surface area contributed by atoms with Crippen LogP contribution in [0.5, 0.6) is 5.75 Å². The molecule has 0 N–H and O–H groups in total. The van der Waals surface area contributed by atoms with Gasteiger partial charge in [-0.05, 0) is 46.1 Å². The molecule has 1 aliphatic heterocycles. The molecule has 0 unspecified atom stereocenters. The van der Waals surface area contributed by atoms with Gasteiger partial charge in [-0.3, -0.25) is 15.0 Å². The number of amides is 1. The monoisotopic (exact) mass is 502 g/mol. The first-order chi connectivity index (χ1) is 16.2. The molecule has 1 aromatic rings. The van der Waals surface area contributed by atoms with Crippen molar-refractivity contribution in [3.05, 3.63) is 27.8 Å². The fraction of sp³-hybridized carbons (Fsp3) is 0.696. The van der Waals surface area contributed by atoms with E-state index in [1.165, 1.54) is 11.9 Å². The Balaban J connectivity index is 1.72. The highest BCUT2D eigenvalue weighted by atomic mass is 19.4. The van der Waals surface area contributed by atoms with Crippen LogP contribution in [0.25, 0.3) is 0 Å². The zero-order valence-electron chi connectivity index (χ0n) is 20.7. The predicted octanol–water partition coefficient (Wildman–Crippen LogP) is 4.53. The summed E-state index contributed by atoms with van der Waals surface area (Å²) in [5, 5.41) is 11.6. The Morgan fingerprint density at radius 1 is 1.20 bits per heavy atom. The molecule has 0 radical (unpaired) electrons. The zero-order chi connectivity index (χ0) is 26.1. The molecule has 0 spiro atoms. The van der Waals surface area contributed by atoms with Crippen LogP contribution in [0.2, 0.25) is 0 Å². The van der Waals surface area contributed by atoms with Crippen molar-refractivity contribution >= 4 is 17.5 Å². The Morgan fingerprint density at radius 2 is 1.86 bits per heavy atom. The minimum absolute atomic E-state index is 0.0921. The highest BCUT2D eigenvalue weighted by molar-refractivity contribution is 5.72. The molecule has 1 saturated heterocycles. The van der Waals surface area contributed by atoms with Gasteiger partial charge in [-0.1, -0.05) is 0 Å². The van der Waals surface area contributed by atoms with E-state index < -0.39 is 39.7 Å². The highest BCUT2D eigenvalue weighted by Crippen LogP contribution is 2.48. The van der Waals surface area contributed by atoms with Crippen LogP contribution in [0.15, 0.2) is 12.1 Å². The molecular formula is C23H33F3N4O5. The SMILES string of the molecule is CN(CCN1CC[C@@H](N(C)C(=O)OC(C)(C)C)C1)c1c([N+](=O)[O-])ccc(OC2CC2)c1C(F)(F)F. The van der Waals surface area contributed by atoms with E-state index in [-0.39, 0.29) is 24.4 Å². The topological polar surface area (TPSA) is 88.4 Å². The molecule has 1 aliphatic carbocycles. The van der Waals surface area contributed by atoms with Crippen molar-refractivity contribution in [3.8, 4) is 5.75 Å². The quantitative estimate of drug-likeness (QED) is 0.381. The summed E-state index contributed by atoms with van der Waals surface area (Å²) in [7, 11) is 3.08. The van der Waals surface area contributed by atoms with Gasteiger partial charge in [0.1, 0.15) is 22.6 Å². The number of benzene rings is 1. The Labute approximate surface area is 202 Å². The van der Waals surface area contributed by atoms with Crippen molar-refractivity contribution in [1.29, 1.82) is 0 Å². The molecule has 1 heterocycles. The number of alkyl halides is 3. The lowest BCUT2D eigenvalue weighted by Gasteiger charge is -2.29.